The van der Waals surface area contributed by atoms with E-state index in [0.29, 0.717) is 12.0 Å². The highest BCUT2D eigenvalue weighted by molar-refractivity contribution is 5.79. The van der Waals surface area contributed by atoms with Crippen molar-refractivity contribution in [2.75, 3.05) is 26.7 Å². The van der Waals surface area contributed by atoms with Crippen LogP contribution in [0, 0.1) is 0 Å². The molecule has 0 aliphatic carbocycles. The fourth-order valence-corrected chi connectivity index (χ4v) is 2.39. The Kier molecular flexibility index (Phi) is 5.87. The van der Waals surface area contributed by atoms with Crippen molar-refractivity contribution in [2.24, 2.45) is 4.99 Å². The number of aliphatic imine (C=N–C) groups is 1. The minimum atomic E-state index is 0.333. The fraction of sp³-hybridized carbons (Fsp3) is 0.562. The second kappa shape index (κ2) is 7.90. The number of nitrogens with one attached hydrogen (secondary N) is 2. The van der Waals surface area contributed by atoms with Crippen molar-refractivity contribution in [1.82, 2.24) is 10.6 Å². The topological polar surface area (TPSA) is 45.7 Å². The van der Waals surface area contributed by atoms with Gasteiger partial charge in [0.2, 0.25) is 0 Å². The molecule has 110 valence electrons. The summed E-state index contributed by atoms with van der Waals surface area (Å²) in [6, 6.07) is 10.5. The molecule has 0 radical (unpaired) electrons. The first-order valence-electron chi connectivity index (χ1n) is 7.40. The number of rotatable bonds is 5. The fourth-order valence-electron chi connectivity index (χ4n) is 2.39. The van der Waals surface area contributed by atoms with Gasteiger partial charge in [-0.2, -0.15) is 0 Å². The monoisotopic (exact) mass is 275 g/mol. The van der Waals surface area contributed by atoms with E-state index in [0.717, 1.165) is 32.1 Å². The van der Waals surface area contributed by atoms with Crippen LogP contribution < -0.4 is 10.6 Å². The average Bonchev–Trinajstić information content (AvgIpc) is 3.01. The summed E-state index contributed by atoms with van der Waals surface area (Å²) in [5.41, 5.74) is 1.34. The van der Waals surface area contributed by atoms with Crippen LogP contribution >= 0.6 is 0 Å². The van der Waals surface area contributed by atoms with Crippen molar-refractivity contribution < 1.29 is 4.74 Å². The Balaban J connectivity index is 1.73. The first kappa shape index (κ1) is 14.9. The van der Waals surface area contributed by atoms with E-state index < -0.39 is 0 Å². The van der Waals surface area contributed by atoms with Gasteiger partial charge >= 0.3 is 0 Å². The van der Waals surface area contributed by atoms with E-state index in [1.165, 1.54) is 12.0 Å². The molecule has 1 heterocycles. The molecule has 4 nitrogen and oxygen atoms in total. The van der Waals surface area contributed by atoms with Crippen LogP contribution in [0.1, 0.15) is 31.2 Å². The van der Waals surface area contributed by atoms with E-state index in [-0.39, 0.29) is 0 Å². The van der Waals surface area contributed by atoms with Crippen LogP contribution in [0.4, 0.5) is 0 Å². The minimum absolute atomic E-state index is 0.333. The Bertz CT molecular complexity index is 413. The van der Waals surface area contributed by atoms with E-state index in [9.17, 15) is 0 Å². The van der Waals surface area contributed by atoms with Gasteiger partial charge in [0.25, 0.3) is 0 Å². The standard InChI is InChI=1S/C16H25N3O/c1-13(14-7-4-3-5-8-14)11-18-16(17-2)19-12-15-9-6-10-20-15/h3-5,7-8,13,15H,6,9-12H2,1-2H3,(H2,17,18,19). The highest BCUT2D eigenvalue weighted by Gasteiger charge is 2.15. The number of ether oxygens (including phenoxy) is 1. The molecule has 0 amide bonds. The van der Waals surface area contributed by atoms with Gasteiger partial charge in [-0.1, -0.05) is 37.3 Å². The highest BCUT2D eigenvalue weighted by atomic mass is 16.5. The second-order valence-electron chi connectivity index (χ2n) is 5.28. The maximum absolute atomic E-state index is 5.60. The molecule has 1 aromatic carbocycles. The highest BCUT2D eigenvalue weighted by Crippen LogP contribution is 2.13. The zero-order valence-electron chi connectivity index (χ0n) is 12.4. The van der Waals surface area contributed by atoms with Crippen molar-refractivity contribution in [3.05, 3.63) is 35.9 Å². The average molecular weight is 275 g/mol. The lowest BCUT2D eigenvalue weighted by Crippen LogP contribution is -2.42. The van der Waals surface area contributed by atoms with Gasteiger partial charge in [-0.25, -0.2) is 0 Å². The molecule has 2 atom stereocenters. The van der Waals surface area contributed by atoms with Gasteiger partial charge in [0, 0.05) is 26.7 Å². The SMILES string of the molecule is CN=C(NCC1CCCO1)NCC(C)c1ccccc1. The number of benzene rings is 1. The van der Waals surface area contributed by atoms with Crippen LogP contribution in [0.25, 0.3) is 0 Å². The lowest BCUT2D eigenvalue weighted by molar-refractivity contribution is 0.114. The molecule has 2 N–H and O–H groups in total. The Labute approximate surface area is 121 Å². The smallest absolute Gasteiger partial charge is 0.191 e. The van der Waals surface area contributed by atoms with E-state index in [4.69, 9.17) is 4.74 Å². The van der Waals surface area contributed by atoms with Gasteiger partial charge < -0.3 is 15.4 Å². The Morgan fingerprint density at radius 2 is 2.15 bits per heavy atom. The molecule has 20 heavy (non-hydrogen) atoms. The van der Waals surface area contributed by atoms with E-state index in [2.05, 4.69) is 46.8 Å². The minimum Gasteiger partial charge on any atom is -0.376 e. The van der Waals surface area contributed by atoms with E-state index in [1.54, 1.807) is 7.05 Å². The molecule has 1 aliphatic rings. The van der Waals surface area contributed by atoms with Crippen LogP contribution in [0.5, 0.6) is 0 Å². The molecule has 1 fully saturated rings. The molecule has 0 saturated carbocycles. The molecule has 2 unspecified atom stereocenters. The molecular weight excluding hydrogens is 250 g/mol. The van der Waals surface area contributed by atoms with E-state index in [1.807, 2.05) is 6.07 Å². The normalized spacial score (nSPS) is 20.7. The molecule has 0 aromatic heterocycles. The number of nitrogens with zero attached hydrogens (tertiary/aromatic N) is 1. The molecule has 0 spiro atoms. The third-order valence-corrected chi connectivity index (χ3v) is 3.69. The molecule has 1 saturated heterocycles. The summed E-state index contributed by atoms with van der Waals surface area (Å²) in [4.78, 5) is 4.25. The molecule has 1 aromatic rings. The van der Waals surface area contributed by atoms with Crippen LogP contribution in [0.2, 0.25) is 0 Å². The van der Waals surface area contributed by atoms with Crippen molar-refractivity contribution >= 4 is 5.96 Å². The Morgan fingerprint density at radius 3 is 2.80 bits per heavy atom. The lowest BCUT2D eigenvalue weighted by Gasteiger charge is -2.18. The quantitative estimate of drug-likeness (QED) is 0.639. The number of hydrogen-bond acceptors (Lipinski definition) is 2. The van der Waals surface area contributed by atoms with Crippen LogP contribution in [-0.4, -0.2) is 38.8 Å². The van der Waals surface area contributed by atoms with Gasteiger partial charge in [-0.15, -0.1) is 0 Å². The van der Waals surface area contributed by atoms with E-state index >= 15 is 0 Å². The van der Waals surface area contributed by atoms with Crippen molar-refractivity contribution in [3.8, 4) is 0 Å². The molecule has 4 heteroatoms. The summed E-state index contributed by atoms with van der Waals surface area (Å²) in [5.74, 6) is 1.31. The zero-order chi connectivity index (χ0) is 14.2. The van der Waals surface area contributed by atoms with Crippen LogP contribution in [0.3, 0.4) is 0 Å². The Hall–Kier alpha value is -1.55. The first-order valence-corrected chi connectivity index (χ1v) is 7.40. The van der Waals surface area contributed by atoms with Gasteiger partial charge in [-0.05, 0) is 24.3 Å². The predicted octanol–water partition coefficient (Wildman–Crippen LogP) is 2.13. The maximum atomic E-state index is 5.60. The van der Waals surface area contributed by atoms with Crippen molar-refractivity contribution in [2.45, 2.75) is 31.8 Å². The van der Waals surface area contributed by atoms with Gasteiger partial charge in [0.1, 0.15) is 0 Å². The largest absolute Gasteiger partial charge is 0.376 e. The van der Waals surface area contributed by atoms with Crippen LogP contribution in [-0.2, 0) is 4.74 Å². The van der Waals surface area contributed by atoms with Crippen LogP contribution in [0.15, 0.2) is 35.3 Å². The third kappa shape index (κ3) is 4.53. The van der Waals surface area contributed by atoms with Gasteiger partial charge in [0.05, 0.1) is 6.10 Å². The zero-order valence-corrected chi connectivity index (χ0v) is 12.4. The maximum Gasteiger partial charge on any atom is 0.191 e. The van der Waals surface area contributed by atoms with Gasteiger partial charge in [0.15, 0.2) is 5.96 Å². The summed E-state index contributed by atoms with van der Waals surface area (Å²) in [7, 11) is 1.80. The summed E-state index contributed by atoms with van der Waals surface area (Å²) >= 11 is 0. The lowest BCUT2D eigenvalue weighted by atomic mass is 10.0. The van der Waals surface area contributed by atoms with Crippen molar-refractivity contribution in [1.29, 1.82) is 0 Å². The second-order valence-corrected chi connectivity index (χ2v) is 5.28. The third-order valence-electron chi connectivity index (χ3n) is 3.69. The molecule has 0 bridgehead atoms. The first-order chi connectivity index (χ1) is 9.79. The molecule has 2 rings (SSSR count). The molecule has 1 aliphatic heterocycles. The van der Waals surface area contributed by atoms with Crippen molar-refractivity contribution in [3.63, 3.8) is 0 Å². The summed E-state index contributed by atoms with van der Waals surface area (Å²) < 4.78 is 5.60. The Morgan fingerprint density at radius 1 is 1.35 bits per heavy atom. The summed E-state index contributed by atoms with van der Waals surface area (Å²) in [6.45, 7) is 4.81. The summed E-state index contributed by atoms with van der Waals surface area (Å²) in [5, 5.41) is 6.71. The number of hydrogen-bond donors (Lipinski definition) is 2. The summed E-state index contributed by atoms with van der Waals surface area (Å²) in [6.07, 6.45) is 2.65. The molecular formula is C16H25N3O. The van der Waals surface area contributed by atoms with Gasteiger partial charge in [-0.3, -0.25) is 4.99 Å². The predicted molar refractivity (Wildman–Crippen MR) is 83.2 cm³/mol. The number of guanidine groups is 1.